The number of hydrogen-bond donors (Lipinski definition) is 3. The molecular formula is C18H14FN3O3. The number of nitrogens with zero attached hydrogens (tertiary/aromatic N) is 1. The van der Waals surface area contributed by atoms with Crippen LogP contribution in [0.3, 0.4) is 0 Å². The molecule has 1 heterocycles. The molecule has 6 nitrogen and oxygen atoms in total. The number of fused-ring (bicyclic) bond motifs is 2. The van der Waals surface area contributed by atoms with Gasteiger partial charge in [-0.3, -0.25) is 4.79 Å². The molecule has 1 aromatic heterocycles. The lowest BCUT2D eigenvalue weighted by molar-refractivity contribution is -0.144. The van der Waals surface area contributed by atoms with Crippen LogP contribution in [0.15, 0.2) is 42.7 Å². The molecule has 0 saturated heterocycles. The number of amides is 1. The SMILES string of the molecule is O=C(NC1(C(=O)O)Cc2ccccc2C1)c1cc(F)cc2[nH]cnc12. The number of aromatic amines is 1. The predicted octanol–water partition coefficient (Wildman–Crippen LogP) is 2.05. The van der Waals surface area contributed by atoms with E-state index >= 15 is 0 Å². The Bertz CT molecular complexity index is 987. The van der Waals surface area contributed by atoms with Crippen molar-refractivity contribution in [1.29, 1.82) is 0 Å². The Hall–Kier alpha value is -3.22. The summed E-state index contributed by atoms with van der Waals surface area (Å²) in [5.41, 5.74) is 1.01. The van der Waals surface area contributed by atoms with Crippen molar-refractivity contribution < 1.29 is 19.1 Å². The molecule has 1 amide bonds. The number of aromatic nitrogens is 2. The highest BCUT2D eigenvalue weighted by atomic mass is 19.1. The van der Waals surface area contributed by atoms with Crippen molar-refractivity contribution in [3.8, 4) is 0 Å². The first-order valence-corrected chi connectivity index (χ1v) is 7.74. The number of imidazole rings is 1. The van der Waals surface area contributed by atoms with Crippen molar-refractivity contribution in [2.75, 3.05) is 0 Å². The molecule has 2 aromatic carbocycles. The quantitative estimate of drug-likeness (QED) is 0.681. The first kappa shape index (κ1) is 15.3. The topological polar surface area (TPSA) is 95.1 Å². The molecule has 1 aliphatic rings. The maximum Gasteiger partial charge on any atom is 0.330 e. The van der Waals surface area contributed by atoms with Crippen LogP contribution < -0.4 is 5.32 Å². The van der Waals surface area contributed by atoms with E-state index < -0.39 is 23.2 Å². The number of carboxylic acid groups (broad SMARTS) is 1. The normalized spacial score (nSPS) is 15.1. The van der Waals surface area contributed by atoms with E-state index in [-0.39, 0.29) is 18.4 Å². The van der Waals surface area contributed by atoms with Gasteiger partial charge in [0.15, 0.2) is 0 Å². The van der Waals surface area contributed by atoms with Gasteiger partial charge in [-0.1, -0.05) is 24.3 Å². The zero-order valence-electron chi connectivity index (χ0n) is 13.0. The number of carbonyl (C=O) groups is 2. The summed E-state index contributed by atoms with van der Waals surface area (Å²) in [7, 11) is 0. The molecule has 0 unspecified atom stereocenters. The lowest BCUT2D eigenvalue weighted by Crippen LogP contribution is -2.55. The number of carboxylic acids is 1. The molecule has 25 heavy (non-hydrogen) atoms. The van der Waals surface area contributed by atoms with Crippen LogP contribution in [0, 0.1) is 5.82 Å². The zero-order chi connectivity index (χ0) is 17.6. The van der Waals surface area contributed by atoms with Gasteiger partial charge in [-0.15, -0.1) is 0 Å². The molecule has 3 aromatic rings. The Morgan fingerprint density at radius 3 is 2.52 bits per heavy atom. The Morgan fingerprint density at radius 2 is 1.88 bits per heavy atom. The summed E-state index contributed by atoms with van der Waals surface area (Å²) in [4.78, 5) is 31.4. The molecule has 7 heteroatoms. The number of rotatable bonds is 3. The molecule has 126 valence electrons. The lowest BCUT2D eigenvalue weighted by Gasteiger charge is -2.25. The maximum atomic E-state index is 13.8. The van der Waals surface area contributed by atoms with Crippen LogP contribution in [-0.4, -0.2) is 32.5 Å². The lowest BCUT2D eigenvalue weighted by atomic mass is 9.95. The largest absolute Gasteiger partial charge is 0.479 e. The van der Waals surface area contributed by atoms with Gasteiger partial charge in [-0.2, -0.15) is 0 Å². The van der Waals surface area contributed by atoms with E-state index in [9.17, 15) is 19.1 Å². The van der Waals surface area contributed by atoms with Gasteiger partial charge in [-0.25, -0.2) is 14.2 Å². The fourth-order valence-corrected chi connectivity index (χ4v) is 3.38. The second kappa shape index (κ2) is 5.41. The molecule has 0 saturated carbocycles. The van der Waals surface area contributed by atoms with Crippen LogP contribution in [0.4, 0.5) is 4.39 Å². The second-order valence-corrected chi connectivity index (χ2v) is 6.22. The van der Waals surface area contributed by atoms with Crippen molar-refractivity contribution in [2.24, 2.45) is 0 Å². The van der Waals surface area contributed by atoms with Gasteiger partial charge in [0.25, 0.3) is 5.91 Å². The summed E-state index contributed by atoms with van der Waals surface area (Å²) in [6.07, 6.45) is 1.73. The summed E-state index contributed by atoms with van der Waals surface area (Å²) in [6.45, 7) is 0. The van der Waals surface area contributed by atoms with Gasteiger partial charge in [-0.05, 0) is 23.3 Å². The van der Waals surface area contributed by atoms with E-state index in [2.05, 4.69) is 15.3 Å². The van der Waals surface area contributed by atoms with Gasteiger partial charge in [0.05, 0.1) is 17.4 Å². The molecule has 0 spiro atoms. The van der Waals surface area contributed by atoms with Crippen LogP contribution in [0.1, 0.15) is 21.5 Å². The van der Waals surface area contributed by atoms with Crippen molar-refractivity contribution >= 4 is 22.9 Å². The minimum Gasteiger partial charge on any atom is -0.479 e. The van der Waals surface area contributed by atoms with Crippen LogP contribution in [0.2, 0.25) is 0 Å². The standard InChI is InChI=1S/C18H14FN3O3/c19-12-5-13(15-14(6-12)20-9-21-15)16(23)22-18(17(24)25)7-10-3-1-2-4-11(10)8-18/h1-6,9H,7-8H2,(H,20,21)(H,22,23)(H,24,25). The van der Waals surface area contributed by atoms with Crippen LogP contribution in [-0.2, 0) is 17.6 Å². The number of H-pyrrole nitrogens is 1. The third kappa shape index (κ3) is 2.44. The number of halogens is 1. The smallest absolute Gasteiger partial charge is 0.330 e. The fraction of sp³-hybridized carbons (Fsp3) is 0.167. The highest BCUT2D eigenvalue weighted by molar-refractivity contribution is 6.06. The third-order valence-electron chi connectivity index (χ3n) is 4.60. The first-order chi connectivity index (χ1) is 12.0. The molecule has 1 aliphatic carbocycles. The summed E-state index contributed by atoms with van der Waals surface area (Å²) < 4.78 is 13.8. The summed E-state index contributed by atoms with van der Waals surface area (Å²) >= 11 is 0. The predicted molar refractivity (Wildman–Crippen MR) is 87.7 cm³/mol. The summed E-state index contributed by atoms with van der Waals surface area (Å²) in [5, 5.41) is 12.4. The number of aliphatic carboxylic acids is 1. The number of carbonyl (C=O) groups excluding carboxylic acids is 1. The molecular weight excluding hydrogens is 325 g/mol. The average molecular weight is 339 g/mol. The van der Waals surface area contributed by atoms with Gasteiger partial charge < -0.3 is 15.4 Å². The van der Waals surface area contributed by atoms with Crippen LogP contribution in [0.5, 0.6) is 0 Å². The third-order valence-corrected chi connectivity index (χ3v) is 4.60. The number of benzene rings is 2. The van der Waals surface area contributed by atoms with Crippen molar-refractivity contribution in [3.05, 3.63) is 65.2 Å². The van der Waals surface area contributed by atoms with Crippen LogP contribution >= 0.6 is 0 Å². The number of hydrogen-bond acceptors (Lipinski definition) is 3. The van der Waals surface area contributed by atoms with E-state index in [0.717, 1.165) is 17.2 Å². The Kier molecular flexibility index (Phi) is 3.31. The monoisotopic (exact) mass is 339 g/mol. The minimum atomic E-state index is -1.45. The number of nitrogens with one attached hydrogen (secondary N) is 2. The molecule has 0 fully saturated rings. The summed E-state index contributed by atoms with van der Waals surface area (Å²) in [5.74, 6) is -2.38. The molecule has 0 radical (unpaired) electrons. The average Bonchev–Trinajstić information content (AvgIpc) is 3.17. The van der Waals surface area contributed by atoms with Gasteiger partial charge in [0.2, 0.25) is 0 Å². The van der Waals surface area contributed by atoms with Crippen molar-refractivity contribution in [1.82, 2.24) is 15.3 Å². The highest BCUT2D eigenvalue weighted by Gasteiger charge is 2.45. The van der Waals surface area contributed by atoms with Gasteiger partial charge >= 0.3 is 5.97 Å². The second-order valence-electron chi connectivity index (χ2n) is 6.22. The Morgan fingerprint density at radius 1 is 1.20 bits per heavy atom. The summed E-state index contributed by atoms with van der Waals surface area (Å²) in [6, 6.07) is 9.66. The van der Waals surface area contributed by atoms with Gasteiger partial charge in [0.1, 0.15) is 16.9 Å². The van der Waals surface area contributed by atoms with Crippen molar-refractivity contribution in [3.63, 3.8) is 0 Å². The van der Waals surface area contributed by atoms with E-state index in [0.29, 0.717) is 11.0 Å². The Labute approximate surface area is 141 Å². The van der Waals surface area contributed by atoms with E-state index in [1.54, 1.807) is 0 Å². The molecule has 3 N–H and O–H groups in total. The highest BCUT2D eigenvalue weighted by Crippen LogP contribution is 2.31. The fourth-order valence-electron chi connectivity index (χ4n) is 3.38. The minimum absolute atomic E-state index is 0.00725. The Balaban J connectivity index is 1.71. The first-order valence-electron chi connectivity index (χ1n) is 7.74. The van der Waals surface area contributed by atoms with E-state index in [1.165, 1.54) is 12.4 Å². The molecule has 0 atom stereocenters. The molecule has 4 rings (SSSR count). The van der Waals surface area contributed by atoms with Crippen molar-refractivity contribution in [2.45, 2.75) is 18.4 Å². The van der Waals surface area contributed by atoms with E-state index in [1.807, 2.05) is 24.3 Å². The van der Waals surface area contributed by atoms with Crippen LogP contribution in [0.25, 0.3) is 11.0 Å². The van der Waals surface area contributed by atoms with E-state index in [4.69, 9.17) is 0 Å². The van der Waals surface area contributed by atoms with Gasteiger partial charge in [0, 0.05) is 12.8 Å². The maximum absolute atomic E-state index is 13.8. The molecule has 0 aliphatic heterocycles. The zero-order valence-corrected chi connectivity index (χ0v) is 13.0. The molecule has 0 bridgehead atoms.